The Morgan fingerprint density at radius 2 is 2.12 bits per heavy atom. The molecule has 0 saturated carbocycles. The van der Waals surface area contributed by atoms with Crippen LogP contribution in [0.5, 0.6) is 0 Å². The van der Waals surface area contributed by atoms with Gasteiger partial charge >= 0.3 is 6.18 Å². The van der Waals surface area contributed by atoms with Crippen LogP contribution in [0.2, 0.25) is 0 Å². The van der Waals surface area contributed by atoms with Crippen molar-refractivity contribution in [2.45, 2.75) is 6.18 Å². The van der Waals surface area contributed by atoms with Gasteiger partial charge in [0, 0.05) is 6.07 Å². The molecule has 84 valence electrons. The third kappa shape index (κ3) is 2.13. The first kappa shape index (κ1) is 10.9. The summed E-state index contributed by atoms with van der Waals surface area (Å²) in [6, 6.07) is 4.32. The number of nitrogens with zero attached hydrogens (tertiary/aromatic N) is 1. The molecule has 0 fully saturated rings. The standard InChI is InChI=1S/C9H5F3N2OS/c10-9(11,12)8-13-5(4-7(15)14-8)6-2-1-3-16-6/h1-4H,(H,13,14,15). The quantitative estimate of drug-likeness (QED) is 0.840. The molecule has 2 heterocycles. The summed E-state index contributed by atoms with van der Waals surface area (Å²) in [4.78, 5) is 16.6. The molecule has 0 atom stereocenters. The van der Waals surface area contributed by atoms with Gasteiger partial charge in [0.1, 0.15) is 0 Å². The Balaban J connectivity index is 2.57. The second-order valence-corrected chi connectivity index (χ2v) is 3.90. The zero-order chi connectivity index (χ0) is 11.8. The number of aromatic amines is 1. The van der Waals surface area contributed by atoms with E-state index >= 15 is 0 Å². The number of hydrogen-bond donors (Lipinski definition) is 1. The molecule has 0 bridgehead atoms. The summed E-state index contributed by atoms with van der Waals surface area (Å²) in [6.45, 7) is 0. The van der Waals surface area contributed by atoms with Crippen LogP contribution in [0, 0.1) is 0 Å². The van der Waals surface area contributed by atoms with Gasteiger partial charge in [0.25, 0.3) is 5.56 Å². The van der Waals surface area contributed by atoms with Crippen LogP contribution in [-0.4, -0.2) is 9.97 Å². The summed E-state index contributed by atoms with van der Waals surface area (Å²) >= 11 is 1.22. The first-order valence-corrected chi connectivity index (χ1v) is 5.07. The Labute approximate surface area is 91.6 Å². The van der Waals surface area contributed by atoms with Gasteiger partial charge in [-0.2, -0.15) is 13.2 Å². The zero-order valence-corrected chi connectivity index (χ0v) is 8.52. The van der Waals surface area contributed by atoms with Gasteiger partial charge in [0.2, 0.25) is 5.82 Å². The highest BCUT2D eigenvalue weighted by Crippen LogP contribution is 2.28. The minimum Gasteiger partial charge on any atom is -0.303 e. The van der Waals surface area contributed by atoms with Crippen LogP contribution in [0.25, 0.3) is 10.6 Å². The van der Waals surface area contributed by atoms with E-state index in [1.165, 1.54) is 11.3 Å². The number of thiophene rings is 1. The maximum Gasteiger partial charge on any atom is 0.449 e. The van der Waals surface area contributed by atoms with Crippen LogP contribution < -0.4 is 5.56 Å². The topological polar surface area (TPSA) is 45.8 Å². The highest BCUT2D eigenvalue weighted by atomic mass is 32.1. The summed E-state index contributed by atoms with van der Waals surface area (Å²) in [5, 5.41) is 1.70. The molecule has 0 aliphatic rings. The Kier molecular flexibility index (Phi) is 2.55. The molecule has 2 aromatic rings. The average Bonchev–Trinajstić information content (AvgIpc) is 2.68. The number of aromatic nitrogens is 2. The van der Waals surface area contributed by atoms with E-state index in [0.29, 0.717) is 4.88 Å². The second kappa shape index (κ2) is 3.75. The molecule has 0 spiro atoms. The number of alkyl halides is 3. The summed E-state index contributed by atoms with van der Waals surface area (Å²) in [5.74, 6) is -1.27. The Morgan fingerprint density at radius 3 is 2.69 bits per heavy atom. The number of hydrogen-bond acceptors (Lipinski definition) is 3. The third-order valence-corrected chi connectivity index (χ3v) is 2.68. The molecule has 0 aliphatic heterocycles. The van der Waals surface area contributed by atoms with Gasteiger partial charge in [-0.25, -0.2) is 4.98 Å². The first-order valence-electron chi connectivity index (χ1n) is 4.19. The monoisotopic (exact) mass is 246 g/mol. The van der Waals surface area contributed by atoms with Gasteiger partial charge in [0.15, 0.2) is 0 Å². The Bertz CT molecular complexity index is 545. The van der Waals surface area contributed by atoms with E-state index in [9.17, 15) is 18.0 Å². The third-order valence-electron chi connectivity index (χ3n) is 1.78. The average molecular weight is 246 g/mol. The lowest BCUT2D eigenvalue weighted by Gasteiger charge is -2.05. The van der Waals surface area contributed by atoms with Crippen molar-refractivity contribution in [1.29, 1.82) is 0 Å². The van der Waals surface area contributed by atoms with Crippen molar-refractivity contribution < 1.29 is 13.2 Å². The molecule has 2 rings (SSSR count). The smallest absolute Gasteiger partial charge is 0.303 e. The lowest BCUT2D eigenvalue weighted by molar-refractivity contribution is -0.145. The molecule has 0 saturated heterocycles. The van der Waals surface area contributed by atoms with Gasteiger partial charge in [0.05, 0.1) is 10.6 Å². The largest absolute Gasteiger partial charge is 0.449 e. The maximum absolute atomic E-state index is 12.4. The molecule has 7 heteroatoms. The second-order valence-electron chi connectivity index (χ2n) is 2.95. The summed E-state index contributed by atoms with van der Waals surface area (Å²) in [7, 11) is 0. The van der Waals surface area contributed by atoms with Crippen LogP contribution in [0.3, 0.4) is 0 Å². The van der Waals surface area contributed by atoms with Crippen LogP contribution >= 0.6 is 11.3 Å². The maximum atomic E-state index is 12.4. The Morgan fingerprint density at radius 1 is 1.38 bits per heavy atom. The van der Waals surface area contributed by atoms with Crippen molar-refractivity contribution in [3.8, 4) is 10.6 Å². The van der Waals surface area contributed by atoms with E-state index in [1.54, 1.807) is 22.5 Å². The van der Waals surface area contributed by atoms with Crippen molar-refractivity contribution in [3.63, 3.8) is 0 Å². The minimum absolute atomic E-state index is 0.0334. The fourth-order valence-corrected chi connectivity index (χ4v) is 1.83. The molecule has 0 amide bonds. The van der Waals surface area contributed by atoms with E-state index in [0.717, 1.165) is 6.07 Å². The van der Waals surface area contributed by atoms with Crippen LogP contribution in [0.4, 0.5) is 13.2 Å². The van der Waals surface area contributed by atoms with E-state index in [1.807, 2.05) is 0 Å². The number of rotatable bonds is 1. The molecule has 0 unspecified atom stereocenters. The summed E-state index contributed by atoms with van der Waals surface area (Å²) in [6.07, 6.45) is -4.65. The highest BCUT2D eigenvalue weighted by Gasteiger charge is 2.34. The van der Waals surface area contributed by atoms with Crippen molar-refractivity contribution >= 4 is 11.3 Å². The lowest BCUT2D eigenvalue weighted by atomic mass is 10.3. The molecule has 2 aromatic heterocycles. The Hall–Kier alpha value is -1.63. The van der Waals surface area contributed by atoms with Crippen molar-refractivity contribution in [2.24, 2.45) is 0 Å². The fourth-order valence-electron chi connectivity index (χ4n) is 1.14. The van der Waals surface area contributed by atoms with E-state index < -0.39 is 17.6 Å². The molecule has 1 N–H and O–H groups in total. The SMILES string of the molecule is O=c1cc(-c2cccs2)nc(C(F)(F)F)[nH]1. The molecule has 16 heavy (non-hydrogen) atoms. The number of halogens is 3. The van der Waals surface area contributed by atoms with Crippen molar-refractivity contribution in [3.05, 3.63) is 39.8 Å². The summed E-state index contributed by atoms with van der Waals surface area (Å²) < 4.78 is 37.1. The van der Waals surface area contributed by atoms with Crippen LogP contribution in [-0.2, 0) is 6.18 Å². The van der Waals surface area contributed by atoms with Gasteiger partial charge in [-0.3, -0.25) is 4.79 Å². The van der Waals surface area contributed by atoms with Gasteiger partial charge in [-0.15, -0.1) is 11.3 Å². The number of nitrogens with one attached hydrogen (secondary N) is 1. The van der Waals surface area contributed by atoms with E-state index in [2.05, 4.69) is 4.98 Å². The molecule has 0 radical (unpaired) electrons. The zero-order valence-electron chi connectivity index (χ0n) is 7.71. The van der Waals surface area contributed by atoms with E-state index in [4.69, 9.17) is 0 Å². The van der Waals surface area contributed by atoms with E-state index in [-0.39, 0.29) is 5.69 Å². The normalized spacial score (nSPS) is 11.7. The highest BCUT2D eigenvalue weighted by molar-refractivity contribution is 7.13. The van der Waals surface area contributed by atoms with Crippen molar-refractivity contribution in [1.82, 2.24) is 9.97 Å². The molecule has 0 aromatic carbocycles. The van der Waals surface area contributed by atoms with Crippen LogP contribution in [0.1, 0.15) is 5.82 Å². The van der Waals surface area contributed by atoms with Gasteiger partial charge in [-0.05, 0) is 11.4 Å². The predicted molar refractivity (Wildman–Crippen MR) is 53.2 cm³/mol. The lowest BCUT2D eigenvalue weighted by Crippen LogP contribution is -2.18. The minimum atomic E-state index is -4.65. The van der Waals surface area contributed by atoms with Crippen LogP contribution in [0.15, 0.2) is 28.4 Å². The molecular formula is C9H5F3N2OS. The molecule has 0 aliphatic carbocycles. The van der Waals surface area contributed by atoms with Gasteiger partial charge < -0.3 is 4.98 Å². The summed E-state index contributed by atoms with van der Waals surface area (Å²) in [5.41, 5.74) is -0.781. The van der Waals surface area contributed by atoms with Gasteiger partial charge in [-0.1, -0.05) is 6.07 Å². The number of H-pyrrole nitrogens is 1. The predicted octanol–water partition coefficient (Wildman–Crippen LogP) is 2.52. The van der Waals surface area contributed by atoms with Crippen molar-refractivity contribution in [2.75, 3.05) is 0 Å². The molecular weight excluding hydrogens is 241 g/mol. The first-order chi connectivity index (χ1) is 7.47. The molecule has 3 nitrogen and oxygen atoms in total. The fraction of sp³-hybridized carbons (Fsp3) is 0.111.